The van der Waals surface area contributed by atoms with Gasteiger partial charge >= 0.3 is 0 Å². The van der Waals surface area contributed by atoms with E-state index in [2.05, 4.69) is 36.2 Å². The average molecular weight is 162 g/mol. The van der Waals surface area contributed by atoms with Crippen molar-refractivity contribution < 1.29 is 0 Å². The first-order chi connectivity index (χ1) is 5.83. The van der Waals surface area contributed by atoms with Gasteiger partial charge in [-0.05, 0) is 18.9 Å². The summed E-state index contributed by atoms with van der Waals surface area (Å²) in [6.07, 6.45) is 2.32. The molecule has 64 valence electrons. The molecule has 1 rings (SSSR count). The molecule has 0 heterocycles. The molecular weight excluding hydrogens is 148 g/mol. The summed E-state index contributed by atoms with van der Waals surface area (Å²) >= 11 is 0. The smallest absolute Gasteiger partial charge is 0.0797 e. The molecule has 1 aromatic carbocycles. The van der Waals surface area contributed by atoms with Gasteiger partial charge in [-0.3, -0.25) is 4.99 Å². The summed E-state index contributed by atoms with van der Waals surface area (Å²) in [6.45, 7) is 2.86. The first-order valence-corrected chi connectivity index (χ1v) is 4.08. The van der Waals surface area contributed by atoms with Gasteiger partial charge in [0.1, 0.15) is 0 Å². The van der Waals surface area contributed by atoms with Crippen LogP contribution in [0.3, 0.4) is 0 Å². The van der Waals surface area contributed by atoms with E-state index in [9.17, 15) is 0 Å². The van der Waals surface area contributed by atoms with Gasteiger partial charge in [0.25, 0.3) is 0 Å². The van der Waals surface area contributed by atoms with Crippen LogP contribution in [0.4, 0.5) is 0 Å². The minimum absolute atomic E-state index is 0.777. The maximum atomic E-state index is 5.13. The van der Waals surface area contributed by atoms with Crippen LogP contribution in [-0.2, 0) is 6.42 Å². The molecule has 2 heteroatoms. The van der Waals surface area contributed by atoms with Crippen LogP contribution in [0.15, 0.2) is 29.3 Å². The van der Waals surface area contributed by atoms with E-state index in [-0.39, 0.29) is 0 Å². The summed E-state index contributed by atoms with van der Waals surface area (Å²) in [4.78, 5) is 3.94. The third-order valence-electron chi connectivity index (χ3n) is 1.76. The summed E-state index contributed by atoms with van der Waals surface area (Å²) in [5, 5.41) is 0. The van der Waals surface area contributed by atoms with Crippen molar-refractivity contribution in [1.82, 2.24) is 0 Å². The first-order valence-electron chi connectivity index (χ1n) is 4.08. The number of rotatable bonds is 3. The molecule has 0 atom stereocenters. The van der Waals surface area contributed by atoms with Crippen molar-refractivity contribution in [2.45, 2.75) is 13.3 Å². The van der Waals surface area contributed by atoms with E-state index in [1.54, 1.807) is 0 Å². The number of hydrogen-bond acceptors (Lipinski definition) is 1. The van der Waals surface area contributed by atoms with E-state index in [1.165, 1.54) is 17.5 Å². The minimum Gasteiger partial charge on any atom is -0.390 e. The highest BCUT2D eigenvalue weighted by atomic mass is 14.8. The fourth-order valence-electron chi connectivity index (χ4n) is 1.02. The van der Waals surface area contributed by atoms with Crippen LogP contribution in [0.1, 0.15) is 11.1 Å². The first kappa shape index (κ1) is 8.78. The molecule has 2 N–H and O–H groups in total. The molecule has 0 amide bonds. The van der Waals surface area contributed by atoms with Crippen molar-refractivity contribution in [1.29, 1.82) is 0 Å². The van der Waals surface area contributed by atoms with Crippen LogP contribution >= 0.6 is 0 Å². The Hall–Kier alpha value is -1.31. The van der Waals surface area contributed by atoms with Crippen LogP contribution in [0.25, 0.3) is 0 Å². The number of nitrogens with two attached hydrogens (primary N) is 1. The number of aliphatic imine (C=N–C) groups is 1. The van der Waals surface area contributed by atoms with Crippen molar-refractivity contribution >= 4 is 6.34 Å². The number of nitrogens with zero attached hydrogens (tertiary/aromatic N) is 1. The highest BCUT2D eigenvalue weighted by Crippen LogP contribution is 2.03. The molecule has 0 bridgehead atoms. The number of aryl methyl sites for hydroxylation is 1. The van der Waals surface area contributed by atoms with E-state index >= 15 is 0 Å². The monoisotopic (exact) mass is 162 g/mol. The van der Waals surface area contributed by atoms with E-state index in [1.807, 2.05) is 0 Å². The maximum Gasteiger partial charge on any atom is 0.0797 e. The zero-order chi connectivity index (χ0) is 8.81. The number of benzene rings is 1. The topological polar surface area (TPSA) is 38.4 Å². The second-order valence-electron chi connectivity index (χ2n) is 2.79. The Bertz CT molecular complexity index is 249. The molecule has 2 nitrogen and oxygen atoms in total. The van der Waals surface area contributed by atoms with Gasteiger partial charge in [-0.2, -0.15) is 0 Å². The van der Waals surface area contributed by atoms with E-state index in [4.69, 9.17) is 5.73 Å². The summed E-state index contributed by atoms with van der Waals surface area (Å²) in [6, 6.07) is 8.48. The zero-order valence-corrected chi connectivity index (χ0v) is 7.33. The average Bonchev–Trinajstić information content (AvgIpc) is 2.09. The molecule has 0 aromatic heterocycles. The van der Waals surface area contributed by atoms with Gasteiger partial charge in [0.2, 0.25) is 0 Å². The second kappa shape index (κ2) is 4.54. The Labute approximate surface area is 73.1 Å². The molecular formula is C10H14N2. The summed E-state index contributed by atoms with van der Waals surface area (Å²) in [5.41, 5.74) is 7.73. The van der Waals surface area contributed by atoms with E-state index < -0.39 is 0 Å². The van der Waals surface area contributed by atoms with Crippen molar-refractivity contribution in [3.63, 3.8) is 0 Å². The van der Waals surface area contributed by atoms with Gasteiger partial charge in [0.05, 0.1) is 6.34 Å². The lowest BCUT2D eigenvalue weighted by atomic mass is 10.1. The quantitative estimate of drug-likeness (QED) is 0.531. The molecule has 0 aliphatic carbocycles. The van der Waals surface area contributed by atoms with Gasteiger partial charge in [-0.15, -0.1) is 0 Å². The lowest BCUT2D eigenvalue weighted by molar-refractivity contribution is 0.970. The van der Waals surface area contributed by atoms with Crippen molar-refractivity contribution in [3.8, 4) is 0 Å². The fraction of sp³-hybridized carbons (Fsp3) is 0.300. The molecule has 0 aliphatic heterocycles. The summed E-state index contributed by atoms with van der Waals surface area (Å²) in [7, 11) is 0. The summed E-state index contributed by atoms with van der Waals surface area (Å²) < 4.78 is 0. The van der Waals surface area contributed by atoms with Gasteiger partial charge in [-0.1, -0.05) is 29.8 Å². The molecule has 0 spiro atoms. The van der Waals surface area contributed by atoms with Gasteiger partial charge < -0.3 is 5.73 Å². The third-order valence-corrected chi connectivity index (χ3v) is 1.76. The second-order valence-corrected chi connectivity index (χ2v) is 2.79. The van der Waals surface area contributed by atoms with Gasteiger partial charge in [0, 0.05) is 6.54 Å². The van der Waals surface area contributed by atoms with Crippen LogP contribution < -0.4 is 5.73 Å². The SMILES string of the molecule is Cc1ccc(CCN=CN)cc1. The molecule has 12 heavy (non-hydrogen) atoms. The van der Waals surface area contributed by atoms with Crippen LogP contribution in [0.2, 0.25) is 0 Å². The molecule has 0 aliphatic rings. The van der Waals surface area contributed by atoms with Crippen LogP contribution in [-0.4, -0.2) is 12.9 Å². The normalized spacial score (nSPS) is 10.8. The molecule has 0 unspecified atom stereocenters. The maximum absolute atomic E-state index is 5.13. The van der Waals surface area contributed by atoms with Crippen LogP contribution in [0.5, 0.6) is 0 Å². The highest BCUT2D eigenvalue weighted by Gasteiger charge is 1.89. The van der Waals surface area contributed by atoms with Crippen molar-refractivity contribution in [2.24, 2.45) is 10.7 Å². The predicted molar refractivity (Wildman–Crippen MR) is 52.4 cm³/mol. The molecule has 0 saturated carbocycles. The Balaban J connectivity index is 2.47. The Kier molecular flexibility index (Phi) is 3.33. The van der Waals surface area contributed by atoms with Gasteiger partial charge in [-0.25, -0.2) is 0 Å². The zero-order valence-electron chi connectivity index (χ0n) is 7.33. The third kappa shape index (κ3) is 2.74. The highest BCUT2D eigenvalue weighted by molar-refractivity contribution is 5.51. The standard InChI is InChI=1S/C10H14N2/c1-9-2-4-10(5-3-9)6-7-12-8-11/h2-5,8H,6-7H2,1H3,(H2,11,12). The largest absolute Gasteiger partial charge is 0.390 e. The van der Waals surface area contributed by atoms with E-state index in [0.29, 0.717) is 0 Å². The lowest BCUT2D eigenvalue weighted by Crippen LogP contribution is -1.94. The summed E-state index contributed by atoms with van der Waals surface area (Å²) in [5.74, 6) is 0. The number of hydrogen-bond donors (Lipinski definition) is 1. The Morgan fingerprint density at radius 1 is 1.33 bits per heavy atom. The Morgan fingerprint density at radius 2 is 2.00 bits per heavy atom. The van der Waals surface area contributed by atoms with Gasteiger partial charge in [0.15, 0.2) is 0 Å². The molecule has 0 radical (unpaired) electrons. The Morgan fingerprint density at radius 3 is 2.58 bits per heavy atom. The van der Waals surface area contributed by atoms with Crippen molar-refractivity contribution in [2.75, 3.05) is 6.54 Å². The predicted octanol–water partition coefficient (Wildman–Crippen LogP) is 1.52. The molecule has 0 fully saturated rings. The molecule has 0 saturated heterocycles. The molecule has 1 aromatic rings. The lowest BCUT2D eigenvalue weighted by Gasteiger charge is -1.97. The minimum atomic E-state index is 0.777. The van der Waals surface area contributed by atoms with Crippen LogP contribution in [0, 0.1) is 6.92 Å². The van der Waals surface area contributed by atoms with E-state index in [0.717, 1.165) is 13.0 Å². The fourth-order valence-corrected chi connectivity index (χ4v) is 1.02. The van der Waals surface area contributed by atoms with Crippen molar-refractivity contribution in [3.05, 3.63) is 35.4 Å².